The second-order valence-corrected chi connectivity index (χ2v) is 5.69. The van der Waals surface area contributed by atoms with Crippen molar-refractivity contribution < 1.29 is 14.3 Å². The van der Waals surface area contributed by atoms with Crippen LogP contribution in [0.2, 0.25) is 0 Å². The molecule has 0 spiro atoms. The van der Waals surface area contributed by atoms with Crippen LogP contribution in [0.1, 0.15) is 18.4 Å². The molecule has 2 rings (SSSR count). The Morgan fingerprint density at radius 1 is 1.26 bits per heavy atom. The Kier molecular flexibility index (Phi) is 7.86. The van der Waals surface area contributed by atoms with Gasteiger partial charge < -0.3 is 20.5 Å². The summed E-state index contributed by atoms with van der Waals surface area (Å²) in [5.41, 5.74) is 6.17. The third-order valence-electron chi connectivity index (χ3n) is 3.82. The van der Waals surface area contributed by atoms with Crippen molar-refractivity contribution in [3.05, 3.63) is 29.8 Å². The van der Waals surface area contributed by atoms with Crippen molar-refractivity contribution in [1.29, 1.82) is 0 Å². The molecule has 0 unspecified atom stereocenters. The molecule has 0 saturated carbocycles. The van der Waals surface area contributed by atoms with Gasteiger partial charge in [-0.15, -0.1) is 0 Å². The van der Waals surface area contributed by atoms with Crippen LogP contribution in [-0.2, 0) is 16.1 Å². The molecule has 1 fully saturated rings. The molecule has 6 heteroatoms. The first-order valence-corrected chi connectivity index (χ1v) is 8.25. The summed E-state index contributed by atoms with van der Waals surface area (Å²) >= 11 is 0. The van der Waals surface area contributed by atoms with Gasteiger partial charge in [-0.2, -0.15) is 0 Å². The van der Waals surface area contributed by atoms with Crippen molar-refractivity contribution in [2.24, 2.45) is 5.73 Å². The van der Waals surface area contributed by atoms with Gasteiger partial charge >= 0.3 is 0 Å². The molecule has 1 saturated heterocycles. The number of amides is 1. The van der Waals surface area contributed by atoms with Crippen LogP contribution in [0.15, 0.2) is 24.3 Å². The van der Waals surface area contributed by atoms with Crippen LogP contribution in [0.25, 0.3) is 0 Å². The number of primary amides is 1. The normalized spacial score (nSPS) is 15.5. The maximum absolute atomic E-state index is 10.8. The Morgan fingerprint density at radius 3 is 2.83 bits per heavy atom. The van der Waals surface area contributed by atoms with Crippen LogP contribution in [0.3, 0.4) is 0 Å². The van der Waals surface area contributed by atoms with Crippen LogP contribution in [0, 0.1) is 0 Å². The van der Waals surface area contributed by atoms with Crippen LogP contribution in [-0.4, -0.2) is 56.8 Å². The average molecular weight is 321 g/mol. The molecule has 1 aromatic rings. The third kappa shape index (κ3) is 6.99. The quantitative estimate of drug-likeness (QED) is 0.622. The number of hydrogen-bond acceptors (Lipinski definition) is 5. The van der Waals surface area contributed by atoms with E-state index in [-0.39, 0.29) is 12.5 Å². The fourth-order valence-electron chi connectivity index (χ4n) is 2.56. The average Bonchev–Trinajstić information content (AvgIpc) is 2.56. The number of nitrogens with zero attached hydrogens (tertiary/aromatic N) is 1. The van der Waals surface area contributed by atoms with E-state index < -0.39 is 0 Å². The molecule has 0 aliphatic carbocycles. The molecule has 1 aromatic carbocycles. The lowest BCUT2D eigenvalue weighted by atomic mass is 10.2. The number of hydrogen-bond donors (Lipinski definition) is 2. The summed E-state index contributed by atoms with van der Waals surface area (Å²) in [5, 5.41) is 3.01. The molecule has 23 heavy (non-hydrogen) atoms. The third-order valence-corrected chi connectivity index (χ3v) is 3.82. The van der Waals surface area contributed by atoms with E-state index in [0.717, 1.165) is 57.0 Å². The van der Waals surface area contributed by atoms with E-state index >= 15 is 0 Å². The second kappa shape index (κ2) is 10.2. The van der Waals surface area contributed by atoms with Crippen molar-refractivity contribution in [2.45, 2.75) is 19.4 Å². The maximum Gasteiger partial charge on any atom is 0.231 e. The summed E-state index contributed by atoms with van der Waals surface area (Å²) in [6.07, 6.45) is 2.16. The topological polar surface area (TPSA) is 76.8 Å². The smallest absolute Gasteiger partial charge is 0.231 e. The first kappa shape index (κ1) is 17.7. The van der Waals surface area contributed by atoms with Gasteiger partial charge in [-0.1, -0.05) is 18.2 Å². The molecule has 1 amide bonds. The highest BCUT2D eigenvalue weighted by molar-refractivity contribution is 5.75. The van der Waals surface area contributed by atoms with Crippen LogP contribution >= 0.6 is 0 Å². The van der Waals surface area contributed by atoms with E-state index in [1.54, 1.807) is 0 Å². The fourth-order valence-corrected chi connectivity index (χ4v) is 2.56. The molecule has 6 nitrogen and oxygen atoms in total. The summed E-state index contributed by atoms with van der Waals surface area (Å²) in [7, 11) is 0. The van der Waals surface area contributed by atoms with Gasteiger partial charge in [-0.25, -0.2) is 0 Å². The minimum Gasteiger partial charge on any atom is -0.493 e. The Bertz CT molecular complexity index is 476. The molecular weight excluding hydrogens is 294 g/mol. The highest BCUT2D eigenvalue weighted by Crippen LogP contribution is 2.18. The molecule has 0 radical (unpaired) electrons. The predicted octanol–water partition coefficient (Wildman–Crippen LogP) is 0.753. The fraction of sp³-hybridized carbons (Fsp3) is 0.588. The molecule has 0 bridgehead atoms. The maximum atomic E-state index is 10.8. The summed E-state index contributed by atoms with van der Waals surface area (Å²) in [4.78, 5) is 13.2. The number of benzene rings is 1. The lowest BCUT2D eigenvalue weighted by molar-refractivity contribution is -0.117. The molecule has 1 heterocycles. The van der Waals surface area contributed by atoms with Gasteiger partial charge in [0.05, 0.1) is 26.4 Å². The number of nitrogens with one attached hydrogen (secondary N) is 1. The zero-order chi connectivity index (χ0) is 16.3. The van der Waals surface area contributed by atoms with Crippen molar-refractivity contribution in [1.82, 2.24) is 10.2 Å². The lowest BCUT2D eigenvalue weighted by Crippen LogP contribution is -2.36. The second-order valence-electron chi connectivity index (χ2n) is 5.69. The Morgan fingerprint density at radius 2 is 2.04 bits per heavy atom. The highest BCUT2D eigenvalue weighted by atomic mass is 16.5. The molecule has 1 aliphatic rings. The Labute approximate surface area is 137 Å². The summed E-state index contributed by atoms with van der Waals surface area (Å²) in [6.45, 7) is 6.33. The monoisotopic (exact) mass is 321 g/mol. The Balaban J connectivity index is 1.65. The van der Waals surface area contributed by atoms with Crippen LogP contribution in [0.4, 0.5) is 0 Å². The number of nitrogens with two attached hydrogens (primary N) is 1. The molecule has 0 aromatic heterocycles. The van der Waals surface area contributed by atoms with Gasteiger partial charge in [0.2, 0.25) is 5.91 Å². The molecule has 0 atom stereocenters. The van der Waals surface area contributed by atoms with Gasteiger partial charge in [0.15, 0.2) is 0 Å². The van der Waals surface area contributed by atoms with Crippen molar-refractivity contribution >= 4 is 5.91 Å². The van der Waals surface area contributed by atoms with E-state index in [9.17, 15) is 4.79 Å². The molecular formula is C17H27N3O3. The van der Waals surface area contributed by atoms with Gasteiger partial charge in [-0.05, 0) is 25.5 Å². The standard InChI is InChI=1S/C17H27N3O3/c18-17(21)14-19-13-15-5-1-2-6-16(15)23-10-4-3-7-20-8-11-22-12-9-20/h1-2,5-6,19H,3-4,7-14H2,(H2,18,21). The Hall–Kier alpha value is -1.63. The predicted molar refractivity (Wildman–Crippen MR) is 89.3 cm³/mol. The van der Waals surface area contributed by atoms with Crippen molar-refractivity contribution in [2.75, 3.05) is 46.0 Å². The lowest BCUT2D eigenvalue weighted by Gasteiger charge is -2.26. The number of carbonyl (C=O) groups excluding carboxylic acids is 1. The zero-order valence-electron chi connectivity index (χ0n) is 13.6. The molecule has 128 valence electrons. The largest absolute Gasteiger partial charge is 0.493 e. The molecule has 1 aliphatic heterocycles. The van der Waals surface area contributed by atoms with E-state index in [1.165, 1.54) is 0 Å². The summed E-state index contributed by atoms with van der Waals surface area (Å²) in [5.74, 6) is 0.516. The number of unbranched alkanes of at least 4 members (excludes halogenated alkanes) is 1. The van der Waals surface area contributed by atoms with E-state index in [2.05, 4.69) is 10.2 Å². The minimum absolute atomic E-state index is 0.174. The first-order valence-electron chi connectivity index (χ1n) is 8.25. The number of carbonyl (C=O) groups is 1. The summed E-state index contributed by atoms with van der Waals surface area (Å²) in [6, 6.07) is 7.88. The highest BCUT2D eigenvalue weighted by Gasteiger charge is 2.09. The van der Waals surface area contributed by atoms with Crippen molar-refractivity contribution in [3.8, 4) is 5.75 Å². The zero-order valence-corrected chi connectivity index (χ0v) is 13.6. The molecule has 3 N–H and O–H groups in total. The minimum atomic E-state index is -0.355. The van der Waals surface area contributed by atoms with Gasteiger partial charge in [0.25, 0.3) is 0 Å². The van der Waals surface area contributed by atoms with E-state index in [4.69, 9.17) is 15.2 Å². The summed E-state index contributed by atoms with van der Waals surface area (Å²) < 4.78 is 11.2. The number of para-hydroxylation sites is 1. The van der Waals surface area contributed by atoms with Crippen molar-refractivity contribution in [3.63, 3.8) is 0 Å². The number of rotatable bonds is 10. The number of ether oxygens (including phenoxy) is 2. The SMILES string of the molecule is NC(=O)CNCc1ccccc1OCCCCN1CCOCC1. The van der Waals surface area contributed by atoms with E-state index in [0.29, 0.717) is 13.2 Å². The van der Waals surface area contributed by atoms with Gasteiger partial charge in [0.1, 0.15) is 5.75 Å². The van der Waals surface area contributed by atoms with E-state index in [1.807, 2.05) is 24.3 Å². The van der Waals surface area contributed by atoms with Crippen LogP contribution < -0.4 is 15.8 Å². The number of morpholine rings is 1. The van der Waals surface area contributed by atoms with Crippen LogP contribution in [0.5, 0.6) is 5.75 Å². The van der Waals surface area contributed by atoms with Gasteiger partial charge in [0, 0.05) is 25.2 Å². The first-order chi connectivity index (χ1) is 11.3. The van der Waals surface area contributed by atoms with Gasteiger partial charge in [-0.3, -0.25) is 9.69 Å².